The van der Waals surface area contributed by atoms with Crippen molar-refractivity contribution in [3.63, 3.8) is 0 Å². The highest BCUT2D eigenvalue weighted by Gasteiger charge is 2.26. The van der Waals surface area contributed by atoms with Gasteiger partial charge in [0, 0.05) is 12.5 Å². The highest BCUT2D eigenvalue weighted by Crippen LogP contribution is 2.28. The van der Waals surface area contributed by atoms with Crippen molar-refractivity contribution in [2.45, 2.75) is 5.92 Å². The standard InChI is InChI=1S/C11H16N2O/c12-5-9-6-13-7-11(9)8-1-3-10(14)4-2-8/h1-4,9,11,13-14H,5-7,12H2. The molecule has 0 amide bonds. The maximum absolute atomic E-state index is 9.18. The van der Waals surface area contributed by atoms with Crippen LogP contribution in [-0.4, -0.2) is 24.7 Å². The van der Waals surface area contributed by atoms with Crippen molar-refractivity contribution in [2.75, 3.05) is 19.6 Å². The van der Waals surface area contributed by atoms with Crippen LogP contribution in [0.3, 0.4) is 0 Å². The lowest BCUT2D eigenvalue weighted by Gasteiger charge is -2.16. The summed E-state index contributed by atoms with van der Waals surface area (Å²) in [6, 6.07) is 7.44. The number of hydrogen-bond acceptors (Lipinski definition) is 3. The van der Waals surface area contributed by atoms with Gasteiger partial charge in [0.1, 0.15) is 5.75 Å². The van der Waals surface area contributed by atoms with Crippen LogP contribution in [0.25, 0.3) is 0 Å². The minimum atomic E-state index is 0.323. The number of rotatable bonds is 2. The van der Waals surface area contributed by atoms with Gasteiger partial charge in [-0.05, 0) is 36.7 Å². The largest absolute Gasteiger partial charge is 0.508 e. The molecule has 0 aliphatic carbocycles. The van der Waals surface area contributed by atoms with Crippen LogP contribution in [0.1, 0.15) is 11.5 Å². The quantitative estimate of drug-likeness (QED) is 0.645. The lowest BCUT2D eigenvalue weighted by atomic mass is 9.89. The summed E-state index contributed by atoms with van der Waals surface area (Å²) in [4.78, 5) is 0. The van der Waals surface area contributed by atoms with Gasteiger partial charge in [-0.1, -0.05) is 12.1 Å². The lowest BCUT2D eigenvalue weighted by molar-refractivity contribution is 0.474. The molecule has 0 saturated carbocycles. The van der Waals surface area contributed by atoms with Gasteiger partial charge in [-0.15, -0.1) is 0 Å². The van der Waals surface area contributed by atoms with E-state index in [1.54, 1.807) is 12.1 Å². The third-order valence-corrected chi connectivity index (χ3v) is 2.96. The van der Waals surface area contributed by atoms with Gasteiger partial charge in [0.25, 0.3) is 0 Å². The molecule has 0 radical (unpaired) electrons. The predicted molar refractivity (Wildman–Crippen MR) is 56.3 cm³/mol. The van der Waals surface area contributed by atoms with E-state index in [4.69, 9.17) is 5.73 Å². The number of phenolic OH excluding ortho intramolecular Hbond substituents is 1. The van der Waals surface area contributed by atoms with E-state index in [1.807, 2.05) is 12.1 Å². The summed E-state index contributed by atoms with van der Waals surface area (Å²) >= 11 is 0. The minimum absolute atomic E-state index is 0.323. The van der Waals surface area contributed by atoms with Crippen LogP contribution in [-0.2, 0) is 0 Å². The first-order valence-electron chi connectivity index (χ1n) is 5.01. The summed E-state index contributed by atoms with van der Waals surface area (Å²) in [5, 5.41) is 12.5. The smallest absolute Gasteiger partial charge is 0.115 e. The molecule has 2 atom stereocenters. The molecule has 14 heavy (non-hydrogen) atoms. The normalized spacial score (nSPS) is 26.6. The first kappa shape index (κ1) is 9.49. The molecule has 3 heteroatoms. The Morgan fingerprint density at radius 3 is 2.64 bits per heavy atom. The van der Waals surface area contributed by atoms with Crippen LogP contribution in [0, 0.1) is 5.92 Å². The summed E-state index contributed by atoms with van der Waals surface area (Å²) in [7, 11) is 0. The summed E-state index contributed by atoms with van der Waals surface area (Å²) in [6.45, 7) is 2.72. The number of aromatic hydroxyl groups is 1. The molecule has 1 aromatic carbocycles. The van der Waals surface area contributed by atoms with Crippen molar-refractivity contribution in [2.24, 2.45) is 11.7 Å². The Morgan fingerprint density at radius 1 is 1.29 bits per heavy atom. The Hall–Kier alpha value is -1.06. The molecular formula is C11H16N2O. The molecule has 0 spiro atoms. The fourth-order valence-corrected chi connectivity index (χ4v) is 2.09. The lowest BCUT2D eigenvalue weighted by Crippen LogP contribution is -2.20. The molecule has 1 aliphatic heterocycles. The van der Waals surface area contributed by atoms with E-state index >= 15 is 0 Å². The monoisotopic (exact) mass is 192 g/mol. The zero-order valence-electron chi connectivity index (χ0n) is 8.11. The van der Waals surface area contributed by atoms with Crippen LogP contribution in [0.5, 0.6) is 5.75 Å². The van der Waals surface area contributed by atoms with Gasteiger partial charge in [-0.2, -0.15) is 0 Å². The van der Waals surface area contributed by atoms with E-state index in [2.05, 4.69) is 5.32 Å². The number of hydrogen-bond donors (Lipinski definition) is 3. The maximum atomic E-state index is 9.18. The second kappa shape index (κ2) is 3.98. The van der Waals surface area contributed by atoms with E-state index < -0.39 is 0 Å². The molecule has 0 aromatic heterocycles. The van der Waals surface area contributed by atoms with E-state index in [0.29, 0.717) is 17.6 Å². The summed E-state index contributed by atoms with van der Waals surface area (Å²) in [5.74, 6) is 1.35. The molecule has 1 saturated heterocycles. The van der Waals surface area contributed by atoms with Crippen molar-refractivity contribution < 1.29 is 5.11 Å². The molecule has 1 aliphatic rings. The average molecular weight is 192 g/mol. The molecule has 76 valence electrons. The topological polar surface area (TPSA) is 58.3 Å². The third kappa shape index (κ3) is 1.74. The van der Waals surface area contributed by atoms with Gasteiger partial charge in [0.05, 0.1) is 0 Å². The summed E-state index contributed by atoms with van der Waals surface area (Å²) < 4.78 is 0. The summed E-state index contributed by atoms with van der Waals surface area (Å²) in [5.41, 5.74) is 6.97. The fourth-order valence-electron chi connectivity index (χ4n) is 2.09. The van der Waals surface area contributed by atoms with Crippen LogP contribution in [0.15, 0.2) is 24.3 Å². The van der Waals surface area contributed by atoms with E-state index in [9.17, 15) is 5.11 Å². The van der Waals surface area contributed by atoms with Crippen molar-refractivity contribution in [1.29, 1.82) is 0 Å². The molecule has 2 unspecified atom stereocenters. The molecule has 3 nitrogen and oxygen atoms in total. The average Bonchev–Trinajstić information content (AvgIpc) is 2.67. The molecule has 1 heterocycles. The van der Waals surface area contributed by atoms with Gasteiger partial charge in [0.2, 0.25) is 0 Å². The second-order valence-corrected chi connectivity index (χ2v) is 3.85. The molecule has 1 aromatic rings. The van der Waals surface area contributed by atoms with Gasteiger partial charge in [-0.3, -0.25) is 0 Å². The third-order valence-electron chi connectivity index (χ3n) is 2.96. The van der Waals surface area contributed by atoms with Crippen LogP contribution >= 0.6 is 0 Å². The van der Waals surface area contributed by atoms with E-state index in [0.717, 1.165) is 19.6 Å². The second-order valence-electron chi connectivity index (χ2n) is 3.85. The molecule has 2 rings (SSSR count). The highest BCUT2D eigenvalue weighted by atomic mass is 16.3. The number of nitrogens with two attached hydrogens (primary N) is 1. The highest BCUT2D eigenvalue weighted by molar-refractivity contribution is 5.29. The van der Waals surface area contributed by atoms with Crippen molar-refractivity contribution in [3.05, 3.63) is 29.8 Å². The Kier molecular flexibility index (Phi) is 2.70. The van der Waals surface area contributed by atoms with Crippen LogP contribution in [0.4, 0.5) is 0 Å². The molecular weight excluding hydrogens is 176 g/mol. The van der Waals surface area contributed by atoms with E-state index in [-0.39, 0.29) is 0 Å². The van der Waals surface area contributed by atoms with Gasteiger partial charge >= 0.3 is 0 Å². The zero-order chi connectivity index (χ0) is 9.97. The minimum Gasteiger partial charge on any atom is -0.508 e. The van der Waals surface area contributed by atoms with Gasteiger partial charge in [0.15, 0.2) is 0 Å². The Labute approximate surface area is 83.9 Å². The Morgan fingerprint density at radius 2 is 2.00 bits per heavy atom. The van der Waals surface area contributed by atoms with Crippen LogP contribution in [0.2, 0.25) is 0 Å². The van der Waals surface area contributed by atoms with Crippen molar-refractivity contribution >= 4 is 0 Å². The van der Waals surface area contributed by atoms with Gasteiger partial charge in [-0.25, -0.2) is 0 Å². The summed E-state index contributed by atoms with van der Waals surface area (Å²) in [6.07, 6.45) is 0. The molecule has 1 fully saturated rings. The van der Waals surface area contributed by atoms with E-state index in [1.165, 1.54) is 5.56 Å². The Balaban J connectivity index is 2.17. The van der Waals surface area contributed by atoms with Crippen LogP contribution < -0.4 is 11.1 Å². The van der Waals surface area contributed by atoms with Crippen molar-refractivity contribution in [1.82, 2.24) is 5.32 Å². The predicted octanol–water partition coefficient (Wildman–Crippen LogP) is 0.654. The number of phenols is 1. The SMILES string of the molecule is NCC1CNCC1c1ccc(O)cc1. The Bertz CT molecular complexity index is 297. The molecule has 4 N–H and O–H groups in total. The number of nitrogens with one attached hydrogen (secondary N) is 1. The number of benzene rings is 1. The first-order valence-corrected chi connectivity index (χ1v) is 5.01. The zero-order valence-corrected chi connectivity index (χ0v) is 8.11. The van der Waals surface area contributed by atoms with Gasteiger partial charge < -0.3 is 16.2 Å². The van der Waals surface area contributed by atoms with Crippen molar-refractivity contribution in [3.8, 4) is 5.75 Å². The first-order chi connectivity index (χ1) is 6.81. The fraction of sp³-hybridized carbons (Fsp3) is 0.455. The maximum Gasteiger partial charge on any atom is 0.115 e. The molecule has 0 bridgehead atoms.